The minimum Gasteiger partial charge on any atom is -0.455 e. The quantitative estimate of drug-likeness (QED) is 0.642. The Hall–Kier alpha value is -1.73. The van der Waals surface area contributed by atoms with Crippen molar-refractivity contribution in [2.24, 2.45) is 0 Å². The molecule has 0 heterocycles. The van der Waals surface area contributed by atoms with E-state index in [-0.39, 0.29) is 24.0 Å². The maximum Gasteiger partial charge on any atom is 0.316 e. The highest BCUT2D eigenvalue weighted by Crippen LogP contribution is 2.22. The summed E-state index contributed by atoms with van der Waals surface area (Å²) in [5, 5.41) is 3.18. The molecular formula is C20H27ClN2O4S. The monoisotopic (exact) mass is 426 g/mol. The van der Waals surface area contributed by atoms with E-state index >= 15 is 0 Å². The van der Waals surface area contributed by atoms with Crippen molar-refractivity contribution in [1.29, 1.82) is 0 Å². The summed E-state index contributed by atoms with van der Waals surface area (Å²) < 4.78 is 4.98. The summed E-state index contributed by atoms with van der Waals surface area (Å²) in [6, 6.07) is 5.48. The minimum absolute atomic E-state index is 0.0267. The van der Waals surface area contributed by atoms with Gasteiger partial charge in [0.2, 0.25) is 5.91 Å². The second kappa shape index (κ2) is 11.3. The van der Waals surface area contributed by atoms with Gasteiger partial charge in [-0.25, -0.2) is 0 Å². The van der Waals surface area contributed by atoms with E-state index in [0.717, 1.165) is 18.4 Å². The minimum atomic E-state index is -0.518. The third-order valence-corrected chi connectivity index (χ3v) is 5.93. The summed E-state index contributed by atoms with van der Waals surface area (Å²) in [7, 11) is 1.83. The molecule has 0 aromatic heterocycles. The number of hydrogen-bond donors (Lipinski definition) is 1. The molecule has 154 valence electrons. The Balaban J connectivity index is 1.64. The Bertz CT molecular complexity index is 707. The summed E-state index contributed by atoms with van der Waals surface area (Å²) >= 11 is 7.12. The highest BCUT2D eigenvalue weighted by Gasteiger charge is 2.22. The molecule has 0 unspecified atom stereocenters. The number of esters is 1. The summed E-state index contributed by atoms with van der Waals surface area (Å²) in [4.78, 5) is 37.8. The molecule has 0 atom stereocenters. The van der Waals surface area contributed by atoms with Crippen LogP contribution in [0, 0.1) is 6.92 Å². The van der Waals surface area contributed by atoms with Crippen molar-refractivity contribution in [3.05, 3.63) is 28.8 Å². The van der Waals surface area contributed by atoms with Crippen LogP contribution in [0.5, 0.6) is 0 Å². The fraction of sp³-hybridized carbons (Fsp3) is 0.550. The third-order valence-electron chi connectivity index (χ3n) is 4.80. The van der Waals surface area contributed by atoms with Crippen LogP contribution in [0.1, 0.15) is 37.7 Å². The largest absolute Gasteiger partial charge is 0.455 e. The van der Waals surface area contributed by atoms with Crippen LogP contribution in [0.15, 0.2) is 18.2 Å². The number of carbonyl (C=O) groups excluding carboxylic acids is 3. The summed E-state index contributed by atoms with van der Waals surface area (Å²) in [6.45, 7) is 1.47. The van der Waals surface area contributed by atoms with Crippen molar-refractivity contribution in [2.75, 3.05) is 30.5 Å². The maximum atomic E-state index is 12.2. The van der Waals surface area contributed by atoms with E-state index in [9.17, 15) is 14.4 Å². The predicted octanol–water partition coefficient (Wildman–Crippen LogP) is 3.65. The lowest BCUT2D eigenvalue weighted by atomic mass is 9.94. The van der Waals surface area contributed by atoms with Gasteiger partial charge in [-0.05, 0) is 37.5 Å². The molecule has 2 rings (SSSR count). The van der Waals surface area contributed by atoms with Gasteiger partial charge in [-0.2, -0.15) is 0 Å². The highest BCUT2D eigenvalue weighted by atomic mass is 35.5. The lowest BCUT2D eigenvalue weighted by Crippen LogP contribution is -2.39. The molecular weight excluding hydrogens is 400 g/mol. The number of nitrogens with one attached hydrogen (secondary N) is 1. The number of benzene rings is 1. The predicted molar refractivity (Wildman–Crippen MR) is 113 cm³/mol. The molecule has 1 aliphatic rings. The van der Waals surface area contributed by atoms with Crippen molar-refractivity contribution < 1.29 is 19.1 Å². The number of nitrogens with zero attached hydrogens (tertiary/aromatic N) is 1. The first-order valence-electron chi connectivity index (χ1n) is 9.42. The smallest absolute Gasteiger partial charge is 0.316 e. The van der Waals surface area contributed by atoms with Crippen molar-refractivity contribution in [1.82, 2.24) is 4.90 Å². The average Bonchev–Trinajstić information content (AvgIpc) is 2.69. The van der Waals surface area contributed by atoms with Gasteiger partial charge in [-0.15, -0.1) is 11.8 Å². The fourth-order valence-electron chi connectivity index (χ4n) is 3.10. The number of anilines is 1. The second-order valence-electron chi connectivity index (χ2n) is 6.96. The van der Waals surface area contributed by atoms with Crippen LogP contribution >= 0.6 is 23.4 Å². The Morgan fingerprint density at radius 2 is 1.93 bits per heavy atom. The van der Waals surface area contributed by atoms with Crippen molar-refractivity contribution in [2.45, 2.75) is 45.1 Å². The van der Waals surface area contributed by atoms with Crippen molar-refractivity contribution in [3.63, 3.8) is 0 Å². The summed E-state index contributed by atoms with van der Waals surface area (Å²) in [6.07, 6.45) is 5.67. The fourth-order valence-corrected chi connectivity index (χ4v) is 4.00. The zero-order valence-corrected chi connectivity index (χ0v) is 17.9. The molecule has 0 saturated heterocycles. The zero-order chi connectivity index (χ0) is 20.5. The van der Waals surface area contributed by atoms with Gasteiger partial charge in [-0.1, -0.05) is 36.9 Å². The van der Waals surface area contributed by atoms with Crippen molar-refractivity contribution >= 4 is 46.8 Å². The van der Waals surface area contributed by atoms with Crippen LogP contribution in [-0.4, -0.2) is 53.9 Å². The number of hydrogen-bond acceptors (Lipinski definition) is 5. The van der Waals surface area contributed by atoms with Crippen LogP contribution in [0.4, 0.5) is 5.69 Å². The first-order valence-corrected chi connectivity index (χ1v) is 10.9. The topological polar surface area (TPSA) is 75.7 Å². The van der Waals surface area contributed by atoms with Crippen LogP contribution in [0.2, 0.25) is 5.02 Å². The number of ether oxygens (including phenoxy) is 1. The van der Waals surface area contributed by atoms with E-state index in [1.54, 1.807) is 23.1 Å². The van der Waals surface area contributed by atoms with Gasteiger partial charge in [0, 0.05) is 23.8 Å². The van der Waals surface area contributed by atoms with E-state index < -0.39 is 11.9 Å². The SMILES string of the molecule is Cc1ccc(Cl)cc1NC(=O)COC(=O)CSCC(=O)N(C)C1CCCCC1. The highest BCUT2D eigenvalue weighted by molar-refractivity contribution is 8.00. The van der Waals surface area contributed by atoms with Crippen LogP contribution in [0.3, 0.4) is 0 Å². The van der Waals surface area contributed by atoms with E-state index in [0.29, 0.717) is 16.8 Å². The van der Waals surface area contributed by atoms with Gasteiger partial charge in [-0.3, -0.25) is 14.4 Å². The molecule has 1 fully saturated rings. The average molecular weight is 427 g/mol. The number of thioether (sulfide) groups is 1. The second-order valence-corrected chi connectivity index (χ2v) is 8.38. The van der Waals surface area contributed by atoms with Gasteiger partial charge in [0.15, 0.2) is 6.61 Å². The maximum absolute atomic E-state index is 12.2. The van der Waals surface area contributed by atoms with Crippen LogP contribution in [-0.2, 0) is 19.1 Å². The van der Waals surface area contributed by atoms with Gasteiger partial charge < -0.3 is 15.0 Å². The van der Waals surface area contributed by atoms with E-state index in [2.05, 4.69) is 5.32 Å². The van der Waals surface area contributed by atoms with E-state index in [1.807, 2.05) is 14.0 Å². The molecule has 1 aromatic carbocycles. The number of rotatable bonds is 8. The number of halogens is 1. The van der Waals surface area contributed by atoms with Crippen LogP contribution in [0.25, 0.3) is 0 Å². The number of amides is 2. The Labute approximate surface area is 175 Å². The zero-order valence-electron chi connectivity index (χ0n) is 16.3. The Kier molecular flexibility index (Phi) is 9.12. The Morgan fingerprint density at radius 1 is 1.21 bits per heavy atom. The molecule has 0 bridgehead atoms. The van der Waals surface area contributed by atoms with Gasteiger partial charge >= 0.3 is 5.97 Å². The molecule has 1 aromatic rings. The molecule has 8 heteroatoms. The molecule has 28 heavy (non-hydrogen) atoms. The summed E-state index contributed by atoms with van der Waals surface area (Å²) in [5.41, 5.74) is 1.44. The molecule has 1 N–H and O–H groups in total. The number of aryl methyl sites for hydroxylation is 1. The van der Waals surface area contributed by atoms with Gasteiger partial charge in [0.25, 0.3) is 5.91 Å². The first kappa shape index (κ1) is 22.6. The van der Waals surface area contributed by atoms with Gasteiger partial charge in [0.05, 0.1) is 11.5 Å². The third kappa shape index (κ3) is 7.36. The molecule has 1 saturated carbocycles. The lowest BCUT2D eigenvalue weighted by Gasteiger charge is -2.31. The normalized spacial score (nSPS) is 14.4. The lowest BCUT2D eigenvalue weighted by molar-refractivity contribution is -0.144. The first-order chi connectivity index (χ1) is 13.4. The van der Waals surface area contributed by atoms with Crippen LogP contribution < -0.4 is 5.32 Å². The molecule has 6 nitrogen and oxygen atoms in total. The van der Waals surface area contributed by atoms with Gasteiger partial charge in [0.1, 0.15) is 0 Å². The Morgan fingerprint density at radius 3 is 2.64 bits per heavy atom. The number of carbonyl (C=O) groups is 3. The molecule has 2 amide bonds. The van der Waals surface area contributed by atoms with E-state index in [1.165, 1.54) is 31.0 Å². The molecule has 0 radical (unpaired) electrons. The van der Waals surface area contributed by atoms with Crippen molar-refractivity contribution in [3.8, 4) is 0 Å². The molecule has 0 aliphatic heterocycles. The van der Waals surface area contributed by atoms with E-state index in [4.69, 9.17) is 16.3 Å². The standard InChI is InChI=1S/C20H27ClN2O4S/c1-14-8-9-15(21)10-17(14)22-18(24)11-27-20(26)13-28-12-19(25)23(2)16-6-4-3-5-7-16/h8-10,16H,3-7,11-13H2,1-2H3,(H,22,24). The molecule has 0 spiro atoms. The molecule has 1 aliphatic carbocycles. The summed E-state index contributed by atoms with van der Waals surface area (Å²) in [5.74, 6) is -0.657.